The third-order valence-corrected chi connectivity index (χ3v) is 4.83. The molecule has 1 aromatic heterocycles. The summed E-state index contributed by atoms with van der Waals surface area (Å²) in [5.74, 6) is 0.693. The van der Waals surface area contributed by atoms with Crippen molar-refractivity contribution < 1.29 is 4.79 Å². The van der Waals surface area contributed by atoms with Crippen LogP contribution in [-0.2, 0) is 11.2 Å². The number of amides is 1. The van der Waals surface area contributed by atoms with Crippen LogP contribution in [-0.4, -0.2) is 39.6 Å². The van der Waals surface area contributed by atoms with Crippen LogP contribution in [0.1, 0.15) is 29.8 Å². The zero-order valence-electron chi connectivity index (χ0n) is 12.8. The van der Waals surface area contributed by atoms with Crippen LogP contribution >= 0.6 is 11.8 Å². The molecule has 116 valence electrons. The smallest absolute Gasteiger partial charge is 0.233 e. The highest BCUT2D eigenvalue weighted by Gasteiger charge is 2.18. The monoisotopic (exact) mass is 315 g/mol. The molecule has 0 bridgehead atoms. The Morgan fingerprint density at radius 3 is 2.73 bits per heavy atom. The lowest BCUT2D eigenvalue weighted by atomic mass is 10.1. The van der Waals surface area contributed by atoms with Gasteiger partial charge in [-0.05, 0) is 25.3 Å². The molecule has 22 heavy (non-hydrogen) atoms. The molecule has 0 aliphatic carbocycles. The molecule has 0 spiro atoms. The molecule has 2 aromatic rings. The van der Waals surface area contributed by atoms with Crippen molar-refractivity contribution >= 4 is 17.7 Å². The average molecular weight is 315 g/mol. The first-order chi connectivity index (χ1) is 10.7. The van der Waals surface area contributed by atoms with Crippen molar-refractivity contribution in [2.75, 3.05) is 18.8 Å². The maximum Gasteiger partial charge on any atom is 0.233 e. The van der Waals surface area contributed by atoms with Crippen molar-refractivity contribution in [2.45, 2.75) is 31.3 Å². The zero-order chi connectivity index (χ0) is 15.4. The Morgan fingerprint density at radius 2 is 2.00 bits per heavy atom. The van der Waals surface area contributed by atoms with Crippen LogP contribution in [0, 0.1) is 6.92 Å². The first-order valence-corrected chi connectivity index (χ1v) is 8.71. The molecule has 1 aromatic carbocycles. The number of aromatic nitrogens is 2. The van der Waals surface area contributed by atoms with Crippen molar-refractivity contribution in [3.05, 3.63) is 47.3 Å². The molecule has 0 atom stereocenters. The van der Waals surface area contributed by atoms with Crippen LogP contribution in [0.3, 0.4) is 0 Å². The number of aromatic amines is 1. The minimum atomic E-state index is 0.223. The normalized spacial score (nSPS) is 14.5. The van der Waals surface area contributed by atoms with Crippen molar-refractivity contribution in [1.29, 1.82) is 0 Å². The maximum atomic E-state index is 12.1. The van der Waals surface area contributed by atoms with Gasteiger partial charge in [0.1, 0.15) is 0 Å². The summed E-state index contributed by atoms with van der Waals surface area (Å²) in [5.41, 5.74) is 3.39. The standard InChI is InChI=1S/C17H21N3OS/c1-13-15(11-14-7-3-2-4-8-14)19-17(18-13)22-12-16(21)20-9-5-6-10-20/h2-4,7-8H,5-6,9-12H2,1H3,(H,18,19). The van der Waals surface area contributed by atoms with Gasteiger partial charge in [-0.1, -0.05) is 42.1 Å². The number of H-pyrrole nitrogens is 1. The van der Waals surface area contributed by atoms with Gasteiger partial charge in [0.2, 0.25) is 5.91 Å². The highest BCUT2D eigenvalue weighted by atomic mass is 32.2. The Morgan fingerprint density at radius 1 is 1.27 bits per heavy atom. The number of rotatable bonds is 5. The second-order valence-corrected chi connectivity index (χ2v) is 6.62. The van der Waals surface area contributed by atoms with Crippen LogP contribution in [0.25, 0.3) is 0 Å². The fourth-order valence-electron chi connectivity index (χ4n) is 2.68. The average Bonchev–Trinajstić information content (AvgIpc) is 3.17. The van der Waals surface area contributed by atoms with E-state index in [1.165, 1.54) is 17.3 Å². The number of thioether (sulfide) groups is 1. The molecular formula is C17H21N3OS. The van der Waals surface area contributed by atoms with Gasteiger partial charge in [-0.3, -0.25) is 4.79 Å². The van der Waals surface area contributed by atoms with Crippen LogP contribution in [0.2, 0.25) is 0 Å². The van der Waals surface area contributed by atoms with Crippen molar-refractivity contribution in [2.24, 2.45) is 0 Å². The number of likely N-dealkylation sites (tertiary alicyclic amines) is 1. The van der Waals surface area contributed by atoms with Gasteiger partial charge in [0, 0.05) is 25.2 Å². The highest BCUT2D eigenvalue weighted by Crippen LogP contribution is 2.20. The van der Waals surface area contributed by atoms with Crippen LogP contribution in [0.4, 0.5) is 0 Å². The zero-order valence-corrected chi connectivity index (χ0v) is 13.7. The number of carbonyl (C=O) groups excluding carboxylic acids is 1. The summed E-state index contributed by atoms with van der Waals surface area (Å²) < 4.78 is 0. The van der Waals surface area contributed by atoms with Crippen LogP contribution < -0.4 is 0 Å². The van der Waals surface area contributed by atoms with Gasteiger partial charge in [0.25, 0.3) is 0 Å². The lowest BCUT2D eigenvalue weighted by Gasteiger charge is -2.13. The molecule has 0 unspecified atom stereocenters. The number of hydrogen-bond donors (Lipinski definition) is 1. The number of carbonyl (C=O) groups is 1. The lowest BCUT2D eigenvalue weighted by molar-refractivity contribution is -0.127. The predicted octanol–water partition coefficient (Wildman–Crippen LogP) is 3.02. The van der Waals surface area contributed by atoms with Crippen molar-refractivity contribution in [3.8, 4) is 0 Å². The minimum Gasteiger partial charge on any atom is -0.342 e. The Kier molecular flexibility index (Phi) is 4.83. The highest BCUT2D eigenvalue weighted by molar-refractivity contribution is 7.99. The summed E-state index contributed by atoms with van der Waals surface area (Å²) >= 11 is 1.50. The molecule has 4 nitrogen and oxygen atoms in total. The molecule has 2 heterocycles. The summed E-state index contributed by atoms with van der Waals surface area (Å²) in [6.45, 7) is 3.86. The van der Waals surface area contributed by atoms with Gasteiger partial charge in [0.05, 0.1) is 11.4 Å². The van der Waals surface area contributed by atoms with E-state index < -0.39 is 0 Å². The van der Waals surface area contributed by atoms with Gasteiger partial charge in [0.15, 0.2) is 5.16 Å². The second-order valence-electron chi connectivity index (χ2n) is 5.65. The van der Waals surface area contributed by atoms with E-state index in [1.54, 1.807) is 0 Å². The molecule has 3 rings (SSSR count). The predicted molar refractivity (Wildman–Crippen MR) is 89.1 cm³/mol. The second kappa shape index (κ2) is 7.01. The molecule has 1 saturated heterocycles. The van der Waals surface area contributed by atoms with Gasteiger partial charge in [-0.15, -0.1) is 0 Å². The third-order valence-electron chi connectivity index (χ3n) is 3.97. The van der Waals surface area contributed by atoms with Crippen LogP contribution in [0.15, 0.2) is 35.5 Å². The van der Waals surface area contributed by atoms with Crippen LogP contribution in [0.5, 0.6) is 0 Å². The van der Waals surface area contributed by atoms with Gasteiger partial charge in [-0.25, -0.2) is 4.98 Å². The number of nitrogens with zero attached hydrogens (tertiary/aromatic N) is 2. The molecule has 1 fully saturated rings. The van der Waals surface area contributed by atoms with E-state index in [0.29, 0.717) is 5.75 Å². The summed E-state index contributed by atoms with van der Waals surface area (Å²) in [6, 6.07) is 10.3. The molecule has 0 saturated carbocycles. The number of nitrogens with one attached hydrogen (secondary N) is 1. The Balaban J connectivity index is 1.58. The Labute approximate surface area is 135 Å². The summed E-state index contributed by atoms with van der Waals surface area (Å²) in [6.07, 6.45) is 3.10. The van der Waals surface area contributed by atoms with Crippen molar-refractivity contribution in [1.82, 2.24) is 14.9 Å². The number of hydrogen-bond acceptors (Lipinski definition) is 3. The van der Waals surface area contributed by atoms with E-state index >= 15 is 0 Å². The van der Waals surface area contributed by atoms with Gasteiger partial charge >= 0.3 is 0 Å². The fraction of sp³-hybridized carbons (Fsp3) is 0.412. The molecule has 1 N–H and O–H groups in total. The molecule has 5 heteroatoms. The van der Waals surface area contributed by atoms with Gasteiger partial charge in [-0.2, -0.15) is 0 Å². The fourth-order valence-corrected chi connectivity index (χ4v) is 3.53. The Bertz CT molecular complexity index is 633. The molecule has 0 radical (unpaired) electrons. The molecule has 1 amide bonds. The van der Waals surface area contributed by atoms with E-state index in [0.717, 1.165) is 48.9 Å². The Hall–Kier alpha value is -1.75. The number of imidazole rings is 1. The quantitative estimate of drug-likeness (QED) is 0.863. The van der Waals surface area contributed by atoms with Gasteiger partial charge < -0.3 is 9.88 Å². The number of benzene rings is 1. The summed E-state index contributed by atoms with van der Waals surface area (Å²) in [5, 5.41) is 0.843. The molecule has 1 aliphatic rings. The largest absolute Gasteiger partial charge is 0.342 e. The first-order valence-electron chi connectivity index (χ1n) is 7.72. The molecule has 1 aliphatic heterocycles. The first kappa shape index (κ1) is 15.2. The summed E-state index contributed by atoms with van der Waals surface area (Å²) in [4.78, 5) is 21.9. The summed E-state index contributed by atoms with van der Waals surface area (Å²) in [7, 11) is 0. The van der Waals surface area contributed by atoms with E-state index in [9.17, 15) is 4.79 Å². The van der Waals surface area contributed by atoms with E-state index in [2.05, 4.69) is 22.1 Å². The van der Waals surface area contributed by atoms with E-state index in [1.807, 2.05) is 30.0 Å². The maximum absolute atomic E-state index is 12.1. The van der Waals surface area contributed by atoms with E-state index in [-0.39, 0.29) is 5.91 Å². The minimum absolute atomic E-state index is 0.223. The third kappa shape index (κ3) is 3.71. The van der Waals surface area contributed by atoms with E-state index in [4.69, 9.17) is 0 Å². The van der Waals surface area contributed by atoms with Crippen molar-refractivity contribution in [3.63, 3.8) is 0 Å². The SMILES string of the molecule is Cc1[nH]c(SCC(=O)N2CCCC2)nc1Cc1ccccc1. The lowest BCUT2D eigenvalue weighted by Crippen LogP contribution is -2.29. The number of aryl methyl sites for hydroxylation is 1. The topological polar surface area (TPSA) is 49.0 Å². The molecular weight excluding hydrogens is 294 g/mol.